The van der Waals surface area contributed by atoms with E-state index in [9.17, 15) is 9.59 Å². The average molecular weight is 293 g/mol. The van der Waals surface area contributed by atoms with Gasteiger partial charge in [-0.2, -0.15) is 0 Å². The van der Waals surface area contributed by atoms with E-state index in [1.54, 1.807) is 12.1 Å². The number of ether oxygens (including phenoxy) is 1. The highest BCUT2D eigenvalue weighted by atomic mass is 16.5. The third-order valence-electron chi connectivity index (χ3n) is 3.35. The average Bonchev–Trinajstić information content (AvgIpc) is 2.45. The van der Waals surface area contributed by atoms with Crippen molar-refractivity contribution < 1.29 is 19.4 Å². The van der Waals surface area contributed by atoms with Gasteiger partial charge in [0.25, 0.3) is 0 Å². The van der Waals surface area contributed by atoms with Gasteiger partial charge in [0, 0.05) is 6.42 Å². The second-order valence-electron chi connectivity index (χ2n) is 5.26. The van der Waals surface area contributed by atoms with Crippen molar-refractivity contribution in [3.8, 4) is 5.75 Å². The lowest BCUT2D eigenvalue weighted by atomic mass is 10.0. The predicted molar refractivity (Wildman–Crippen MR) is 80.2 cm³/mol. The minimum Gasteiger partial charge on any atom is -0.482 e. The molecule has 0 bridgehead atoms. The van der Waals surface area contributed by atoms with Gasteiger partial charge in [-0.05, 0) is 30.5 Å². The summed E-state index contributed by atoms with van der Waals surface area (Å²) in [5, 5.41) is 11.5. The first-order valence-corrected chi connectivity index (χ1v) is 7.16. The van der Waals surface area contributed by atoms with Crippen molar-refractivity contribution >= 4 is 11.9 Å². The predicted octanol–water partition coefficient (Wildman–Crippen LogP) is 2.76. The van der Waals surface area contributed by atoms with Crippen molar-refractivity contribution in [2.75, 3.05) is 6.61 Å². The standard InChI is InChI=1S/C16H23NO4/c1-4-11(2)9-15(18)17-12(3)13-5-7-14(8-6-13)21-10-16(19)20/h5-8,11-12H,4,9-10H2,1-3H3,(H,17,18)(H,19,20). The molecule has 0 radical (unpaired) electrons. The van der Waals surface area contributed by atoms with Crippen LogP contribution in [0.1, 0.15) is 45.2 Å². The molecule has 0 heterocycles. The fourth-order valence-corrected chi connectivity index (χ4v) is 1.84. The molecule has 0 spiro atoms. The molecule has 2 N–H and O–H groups in total. The number of aliphatic carboxylic acids is 1. The van der Waals surface area contributed by atoms with Crippen molar-refractivity contribution in [2.45, 2.75) is 39.7 Å². The smallest absolute Gasteiger partial charge is 0.341 e. The van der Waals surface area contributed by atoms with Crippen LogP contribution in [0.2, 0.25) is 0 Å². The Morgan fingerprint density at radius 2 is 1.86 bits per heavy atom. The molecule has 0 aromatic heterocycles. The lowest BCUT2D eigenvalue weighted by Gasteiger charge is -2.16. The van der Waals surface area contributed by atoms with Crippen LogP contribution in [0.4, 0.5) is 0 Å². The van der Waals surface area contributed by atoms with Crippen LogP contribution >= 0.6 is 0 Å². The number of carboxylic acid groups (broad SMARTS) is 1. The highest BCUT2D eigenvalue weighted by molar-refractivity contribution is 5.76. The summed E-state index contributed by atoms with van der Waals surface area (Å²) in [5.74, 6) is -0.0870. The number of carbonyl (C=O) groups is 2. The van der Waals surface area contributed by atoms with Gasteiger partial charge < -0.3 is 15.2 Å². The molecule has 1 aromatic carbocycles. The highest BCUT2D eigenvalue weighted by Gasteiger charge is 2.12. The molecular weight excluding hydrogens is 270 g/mol. The first-order chi connectivity index (χ1) is 9.92. The number of hydrogen-bond donors (Lipinski definition) is 2. The molecule has 1 aromatic rings. The van der Waals surface area contributed by atoms with Crippen LogP contribution in [0.5, 0.6) is 5.75 Å². The number of hydrogen-bond acceptors (Lipinski definition) is 3. The number of rotatable bonds is 8. The SMILES string of the molecule is CCC(C)CC(=O)NC(C)c1ccc(OCC(=O)O)cc1. The van der Waals surface area contributed by atoms with Crippen LogP contribution in [-0.2, 0) is 9.59 Å². The second-order valence-corrected chi connectivity index (χ2v) is 5.26. The summed E-state index contributed by atoms with van der Waals surface area (Å²) in [6.07, 6.45) is 1.51. The van der Waals surface area contributed by atoms with Crippen LogP contribution < -0.4 is 10.1 Å². The lowest BCUT2D eigenvalue weighted by molar-refractivity contribution is -0.139. The molecule has 1 amide bonds. The fourth-order valence-electron chi connectivity index (χ4n) is 1.84. The van der Waals surface area contributed by atoms with Crippen molar-refractivity contribution in [3.63, 3.8) is 0 Å². The molecule has 1 rings (SSSR count). The van der Waals surface area contributed by atoms with E-state index >= 15 is 0 Å². The van der Waals surface area contributed by atoms with Crippen molar-refractivity contribution in [1.29, 1.82) is 0 Å². The zero-order chi connectivity index (χ0) is 15.8. The summed E-state index contributed by atoms with van der Waals surface area (Å²) in [6.45, 7) is 5.68. The van der Waals surface area contributed by atoms with E-state index in [1.165, 1.54) is 0 Å². The van der Waals surface area contributed by atoms with Gasteiger partial charge in [0.1, 0.15) is 5.75 Å². The Morgan fingerprint density at radius 3 is 2.38 bits per heavy atom. The molecule has 0 aliphatic rings. The summed E-state index contributed by atoms with van der Waals surface area (Å²) >= 11 is 0. The van der Waals surface area contributed by atoms with Gasteiger partial charge in [0.05, 0.1) is 6.04 Å². The minimum absolute atomic E-state index is 0.0445. The van der Waals surface area contributed by atoms with Crippen LogP contribution in [0, 0.1) is 5.92 Å². The Labute approximate surface area is 125 Å². The third-order valence-corrected chi connectivity index (χ3v) is 3.35. The third kappa shape index (κ3) is 6.29. The Hall–Kier alpha value is -2.04. The number of benzene rings is 1. The summed E-state index contributed by atoms with van der Waals surface area (Å²) in [7, 11) is 0. The van der Waals surface area contributed by atoms with E-state index in [0.717, 1.165) is 12.0 Å². The van der Waals surface area contributed by atoms with Crippen LogP contribution in [0.25, 0.3) is 0 Å². The van der Waals surface area contributed by atoms with Gasteiger partial charge in [-0.3, -0.25) is 4.79 Å². The number of amides is 1. The summed E-state index contributed by atoms with van der Waals surface area (Å²) in [4.78, 5) is 22.2. The van der Waals surface area contributed by atoms with E-state index < -0.39 is 5.97 Å². The summed E-state index contributed by atoms with van der Waals surface area (Å²) in [6, 6.07) is 6.97. The zero-order valence-corrected chi connectivity index (χ0v) is 12.8. The first kappa shape index (κ1) is 17.0. The molecule has 116 valence electrons. The molecule has 5 nitrogen and oxygen atoms in total. The van der Waals surface area contributed by atoms with E-state index in [0.29, 0.717) is 18.1 Å². The second kappa shape index (κ2) is 8.29. The molecule has 2 unspecified atom stereocenters. The van der Waals surface area contributed by atoms with Crippen LogP contribution in [0.15, 0.2) is 24.3 Å². The zero-order valence-electron chi connectivity index (χ0n) is 12.8. The largest absolute Gasteiger partial charge is 0.482 e. The maximum atomic E-state index is 11.8. The van der Waals surface area contributed by atoms with Crippen molar-refractivity contribution in [1.82, 2.24) is 5.32 Å². The van der Waals surface area contributed by atoms with Crippen LogP contribution in [-0.4, -0.2) is 23.6 Å². The molecule has 21 heavy (non-hydrogen) atoms. The van der Waals surface area contributed by atoms with E-state index in [4.69, 9.17) is 9.84 Å². The Morgan fingerprint density at radius 1 is 1.24 bits per heavy atom. The van der Waals surface area contributed by atoms with Gasteiger partial charge in [-0.15, -0.1) is 0 Å². The molecule has 0 aliphatic carbocycles. The van der Waals surface area contributed by atoms with Crippen molar-refractivity contribution in [3.05, 3.63) is 29.8 Å². The van der Waals surface area contributed by atoms with Crippen LogP contribution in [0.3, 0.4) is 0 Å². The topological polar surface area (TPSA) is 75.6 Å². The van der Waals surface area contributed by atoms with Gasteiger partial charge in [-0.25, -0.2) is 4.79 Å². The molecule has 0 fully saturated rings. The van der Waals surface area contributed by atoms with Gasteiger partial charge in [0.2, 0.25) is 5.91 Å². The maximum Gasteiger partial charge on any atom is 0.341 e. The van der Waals surface area contributed by atoms with E-state index in [1.807, 2.05) is 19.1 Å². The quantitative estimate of drug-likeness (QED) is 0.772. The van der Waals surface area contributed by atoms with E-state index in [2.05, 4.69) is 19.2 Å². The van der Waals surface area contributed by atoms with Gasteiger partial charge >= 0.3 is 5.97 Å². The highest BCUT2D eigenvalue weighted by Crippen LogP contribution is 2.18. The fraction of sp³-hybridized carbons (Fsp3) is 0.500. The number of carboxylic acids is 1. The Bertz CT molecular complexity index is 470. The lowest BCUT2D eigenvalue weighted by Crippen LogP contribution is -2.27. The summed E-state index contributed by atoms with van der Waals surface area (Å²) < 4.78 is 5.06. The molecular formula is C16H23NO4. The monoisotopic (exact) mass is 293 g/mol. The Balaban J connectivity index is 2.52. The van der Waals surface area contributed by atoms with E-state index in [-0.39, 0.29) is 18.6 Å². The molecule has 0 saturated heterocycles. The summed E-state index contributed by atoms with van der Waals surface area (Å²) in [5.41, 5.74) is 0.954. The van der Waals surface area contributed by atoms with Gasteiger partial charge in [-0.1, -0.05) is 32.4 Å². The minimum atomic E-state index is -1.01. The van der Waals surface area contributed by atoms with Crippen molar-refractivity contribution in [2.24, 2.45) is 5.92 Å². The number of carbonyl (C=O) groups excluding carboxylic acids is 1. The Kier molecular flexibility index (Phi) is 6.72. The molecule has 5 heteroatoms. The molecule has 0 saturated carbocycles. The maximum absolute atomic E-state index is 11.8. The molecule has 2 atom stereocenters. The normalized spacial score (nSPS) is 13.3. The van der Waals surface area contributed by atoms with Gasteiger partial charge in [0.15, 0.2) is 6.61 Å². The first-order valence-electron chi connectivity index (χ1n) is 7.16. The molecule has 0 aliphatic heterocycles. The number of nitrogens with one attached hydrogen (secondary N) is 1.